The highest BCUT2D eigenvalue weighted by Crippen LogP contribution is 2.26. The number of nitrogens with zero attached hydrogens (tertiary/aromatic N) is 2. The zero-order valence-electron chi connectivity index (χ0n) is 8.00. The molecule has 2 rings (SSSR count). The van der Waals surface area contributed by atoms with Crippen molar-refractivity contribution in [1.29, 1.82) is 0 Å². The van der Waals surface area contributed by atoms with Gasteiger partial charge >= 0.3 is 0 Å². The van der Waals surface area contributed by atoms with Gasteiger partial charge in [0.25, 0.3) is 0 Å². The summed E-state index contributed by atoms with van der Waals surface area (Å²) >= 11 is 11.6. The molecule has 0 atom stereocenters. The van der Waals surface area contributed by atoms with Gasteiger partial charge in [0.15, 0.2) is 0 Å². The number of aromatic nitrogens is 2. The number of hydrogen-bond acceptors (Lipinski definition) is 3. The average molecular weight is 243 g/mol. The third-order valence-electron chi connectivity index (χ3n) is 2.00. The van der Waals surface area contributed by atoms with Crippen LogP contribution in [0.2, 0.25) is 10.2 Å². The molecule has 0 bridgehead atoms. The van der Waals surface area contributed by atoms with Crippen LogP contribution < -0.4 is 0 Å². The maximum absolute atomic E-state index is 5.85. The van der Waals surface area contributed by atoms with E-state index in [0.29, 0.717) is 10.2 Å². The third-order valence-corrected chi connectivity index (χ3v) is 2.69. The van der Waals surface area contributed by atoms with Crippen molar-refractivity contribution in [3.63, 3.8) is 0 Å². The number of pyridine rings is 1. The maximum atomic E-state index is 5.85. The van der Waals surface area contributed by atoms with Crippen LogP contribution in [0.3, 0.4) is 0 Å². The molecule has 15 heavy (non-hydrogen) atoms. The molecule has 0 spiro atoms. The molecule has 0 amide bonds. The molecule has 0 aromatic carbocycles. The van der Waals surface area contributed by atoms with E-state index in [1.54, 1.807) is 12.3 Å². The summed E-state index contributed by atoms with van der Waals surface area (Å²) in [6.45, 7) is 2.00. The quantitative estimate of drug-likeness (QED) is 0.756. The van der Waals surface area contributed by atoms with Crippen LogP contribution in [-0.4, -0.2) is 10.1 Å². The molecule has 0 fully saturated rings. The van der Waals surface area contributed by atoms with Gasteiger partial charge in [-0.2, -0.15) is 0 Å². The molecule has 0 N–H and O–H groups in total. The van der Waals surface area contributed by atoms with Crippen LogP contribution in [0, 0.1) is 0 Å². The van der Waals surface area contributed by atoms with E-state index in [4.69, 9.17) is 27.7 Å². The minimum absolute atomic E-state index is 0.291. The van der Waals surface area contributed by atoms with Crippen LogP contribution in [0.5, 0.6) is 0 Å². The molecule has 0 saturated carbocycles. The van der Waals surface area contributed by atoms with Gasteiger partial charge < -0.3 is 4.52 Å². The zero-order chi connectivity index (χ0) is 10.8. The van der Waals surface area contributed by atoms with Crippen LogP contribution in [0.25, 0.3) is 11.3 Å². The van der Waals surface area contributed by atoms with Crippen molar-refractivity contribution >= 4 is 23.2 Å². The molecule has 5 heteroatoms. The topological polar surface area (TPSA) is 38.9 Å². The summed E-state index contributed by atoms with van der Waals surface area (Å²) in [6.07, 6.45) is 2.42. The smallest absolute Gasteiger partial charge is 0.147 e. The van der Waals surface area contributed by atoms with E-state index in [9.17, 15) is 0 Å². The molecule has 0 radical (unpaired) electrons. The van der Waals surface area contributed by atoms with Gasteiger partial charge in [-0.05, 0) is 6.07 Å². The predicted octanol–water partition coefficient (Wildman–Crippen LogP) is 3.61. The van der Waals surface area contributed by atoms with Gasteiger partial charge in [-0.3, -0.25) is 0 Å². The average Bonchev–Trinajstić information content (AvgIpc) is 2.70. The van der Waals surface area contributed by atoms with Crippen LogP contribution in [0.4, 0.5) is 0 Å². The lowest BCUT2D eigenvalue weighted by Gasteiger charge is -1.97. The summed E-state index contributed by atoms with van der Waals surface area (Å²) in [4.78, 5) is 3.94. The van der Waals surface area contributed by atoms with Crippen LogP contribution in [-0.2, 0) is 6.42 Å². The van der Waals surface area contributed by atoms with Gasteiger partial charge in [-0.25, -0.2) is 4.98 Å². The van der Waals surface area contributed by atoms with E-state index >= 15 is 0 Å². The van der Waals surface area contributed by atoms with Gasteiger partial charge in [0, 0.05) is 24.2 Å². The first-order valence-corrected chi connectivity index (χ1v) is 5.23. The Balaban J connectivity index is 2.40. The van der Waals surface area contributed by atoms with Gasteiger partial charge in [-0.15, -0.1) is 0 Å². The molecule has 3 nitrogen and oxygen atoms in total. The van der Waals surface area contributed by atoms with E-state index < -0.39 is 0 Å². The Kier molecular flexibility index (Phi) is 2.93. The Morgan fingerprint density at radius 1 is 1.33 bits per heavy atom. The number of aryl methyl sites for hydroxylation is 1. The molecule has 0 unspecified atom stereocenters. The maximum Gasteiger partial charge on any atom is 0.147 e. The van der Waals surface area contributed by atoms with Crippen LogP contribution >= 0.6 is 23.2 Å². The molecular formula is C10H8Cl2N2O. The van der Waals surface area contributed by atoms with Gasteiger partial charge in [0.2, 0.25) is 0 Å². The van der Waals surface area contributed by atoms with Crippen LogP contribution in [0.15, 0.2) is 22.9 Å². The molecule has 78 valence electrons. The molecule has 2 aromatic heterocycles. The summed E-state index contributed by atoms with van der Waals surface area (Å²) in [6, 6.07) is 3.58. The first-order valence-electron chi connectivity index (χ1n) is 4.47. The summed E-state index contributed by atoms with van der Waals surface area (Å²) in [5.41, 5.74) is 1.52. The molecule has 0 aliphatic heterocycles. The second-order valence-electron chi connectivity index (χ2n) is 3.03. The molecule has 2 aromatic rings. The second-order valence-corrected chi connectivity index (χ2v) is 3.79. The van der Waals surface area contributed by atoms with Gasteiger partial charge in [0.1, 0.15) is 16.6 Å². The summed E-state index contributed by atoms with van der Waals surface area (Å²) in [5, 5.41) is 4.61. The highest BCUT2D eigenvalue weighted by molar-refractivity contribution is 6.41. The van der Waals surface area contributed by atoms with Crippen LogP contribution in [0.1, 0.15) is 12.7 Å². The van der Waals surface area contributed by atoms with E-state index in [1.165, 1.54) is 0 Å². The highest BCUT2D eigenvalue weighted by Gasteiger charge is 2.07. The minimum atomic E-state index is 0.291. The number of halogens is 2. The monoisotopic (exact) mass is 242 g/mol. The van der Waals surface area contributed by atoms with Crippen molar-refractivity contribution in [3.8, 4) is 11.3 Å². The molecule has 0 aliphatic rings. The molecule has 0 saturated heterocycles. The van der Waals surface area contributed by atoms with E-state index in [1.807, 2.05) is 13.0 Å². The lowest BCUT2D eigenvalue weighted by molar-refractivity contribution is 0.389. The van der Waals surface area contributed by atoms with Crippen molar-refractivity contribution in [2.45, 2.75) is 13.3 Å². The summed E-state index contributed by atoms with van der Waals surface area (Å²) in [7, 11) is 0. The zero-order valence-corrected chi connectivity index (χ0v) is 9.51. The predicted molar refractivity (Wildman–Crippen MR) is 59.1 cm³/mol. The molecule has 2 heterocycles. The molecular weight excluding hydrogens is 235 g/mol. The van der Waals surface area contributed by atoms with Crippen molar-refractivity contribution in [3.05, 3.63) is 34.3 Å². The first kappa shape index (κ1) is 10.5. The number of rotatable bonds is 2. The largest absolute Gasteiger partial charge is 0.361 e. The van der Waals surface area contributed by atoms with E-state index in [-0.39, 0.29) is 0 Å². The Hall–Kier alpha value is -1.06. The van der Waals surface area contributed by atoms with Crippen molar-refractivity contribution in [2.24, 2.45) is 0 Å². The third kappa shape index (κ3) is 2.13. The Morgan fingerprint density at radius 3 is 2.73 bits per heavy atom. The standard InChI is InChI=1S/C10H8Cl2N2O/c1-2-7-4-9(14-15-7)6-3-8(11)10(12)13-5-6/h3-5H,2H2,1H3. The fourth-order valence-corrected chi connectivity index (χ4v) is 1.45. The lowest BCUT2D eigenvalue weighted by atomic mass is 10.2. The van der Waals surface area contributed by atoms with Crippen molar-refractivity contribution in [2.75, 3.05) is 0 Å². The fourth-order valence-electron chi connectivity index (χ4n) is 1.18. The molecule has 0 aliphatic carbocycles. The second kappa shape index (κ2) is 4.21. The first-order chi connectivity index (χ1) is 7.20. The summed E-state index contributed by atoms with van der Waals surface area (Å²) in [5.74, 6) is 0.830. The highest BCUT2D eigenvalue weighted by atomic mass is 35.5. The Labute approximate surface area is 97.0 Å². The van der Waals surface area contributed by atoms with E-state index in [2.05, 4.69) is 10.1 Å². The lowest BCUT2D eigenvalue weighted by Crippen LogP contribution is -1.81. The Bertz CT molecular complexity index is 482. The van der Waals surface area contributed by atoms with Crippen molar-refractivity contribution in [1.82, 2.24) is 10.1 Å². The minimum Gasteiger partial charge on any atom is -0.361 e. The Morgan fingerprint density at radius 2 is 2.13 bits per heavy atom. The van der Waals surface area contributed by atoms with Gasteiger partial charge in [-0.1, -0.05) is 35.3 Å². The fraction of sp³-hybridized carbons (Fsp3) is 0.200. The van der Waals surface area contributed by atoms with E-state index in [0.717, 1.165) is 23.4 Å². The summed E-state index contributed by atoms with van der Waals surface area (Å²) < 4.78 is 5.08. The van der Waals surface area contributed by atoms with Gasteiger partial charge in [0.05, 0.1) is 5.02 Å². The van der Waals surface area contributed by atoms with Crippen molar-refractivity contribution < 1.29 is 4.52 Å². The SMILES string of the molecule is CCc1cc(-c2cnc(Cl)c(Cl)c2)no1. The number of hydrogen-bond donors (Lipinski definition) is 0. The normalized spacial score (nSPS) is 10.6.